The highest BCUT2D eigenvalue weighted by molar-refractivity contribution is 7.19. The van der Waals surface area contributed by atoms with Crippen LogP contribution in [0.2, 0.25) is 0 Å². The Balaban J connectivity index is 0.000000436. The summed E-state index contributed by atoms with van der Waals surface area (Å²) in [5, 5.41) is 9.59. The van der Waals surface area contributed by atoms with Gasteiger partial charge in [-0.2, -0.15) is 0 Å². The number of methoxy groups -OCH3 is 1. The van der Waals surface area contributed by atoms with Gasteiger partial charge in [0, 0.05) is 11.1 Å². The fourth-order valence-corrected chi connectivity index (χ4v) is 5.26. The molecule has 1 N–H and O–H groups in total. The number of allylic oxidation sites excluding steroid dienone is 5. The fourth-order valence-electron chi connectivity index (χ4n) is 4.96. The number of para-hydroxylation sites is 1. The molecular formula is C35H39BO4P. The molecule has 1 aliphatic rings. The SMILES string of the molecule is C/C=C(\C=P)C1=C(C)/C(=C/CC)c2cc(C)cc(C(C)[B]c3ccccc3C(=O)O)c2O1.COc1ccccc1C. The van der Waals surface area contributed by atoms with Gasteiger partial charge < -0.3 is 14.6 Å². The Morgan fingerprint density at radius 1 is 1.10 bits per heavy atom. The molecule has 4 rings (SSSR count). The van der Waals surface area contributed by atoms with Crippen LogP contribution in [0.3, 0.4) is 0 Å². The first-order valence-electron chi connectivity index (χ1n) is 13.8. The van der Waals surface area contributed by atoms with E-state index in [1.807, 2.05) is 69.4 Å². The molecule has 211 valence electrons. The van der Waals surface area contributed by atoms with Crippen molar-refractivity contribution in [2.45, 2.75) is 53.8 Å². The van der Waals surface area contributed by atoms with Gasteiger partial charge >= 0.3 is 5.97 Å². The van der Waals surface area contributed by atoms with E-state index in [4.69, 9.17) is 9.47 Å². The zero-order chi connectivity index (χ0) is 30.1. The van der Waals surface area contributed by atoms with E-state index in [-0.39, 0.29) is 5.82 Å². The van der Waals surface area contributed by atoms with Gasteiger partial charge in [0.15, 0.2) is 7.28 Å². The number of rotatable bonds is 8. The molecule has 41 heavy (non-hydrogen) atoms. The van der Waals surface area contributed by atoms with E-state index in [0.717, 1.165) is 51.5 Å². The third kappa shape index (κ3) is 7.48. The van der Waals surface area contributed by atoms with Crippen LogP contribution in [0.4, 0.5) is 0 Å². The summed E-state index contributed by atoms with van der Waals surface area (Å²) in [5.74, 6) is 3.52. The first-order valence-corrected chi connectivity index (χ1v) is 14.4. The second-order valence-electron chi connectivity index (χ2n) is 10.0. The minimum atomic E-state index is -0.925. The predicted octanol–water partition coefficient (Wildman–Crippen LogP) is 8.14. The smallest absolute Gasteiger partial charge is 0.335 e. The predicted molar refractivity (Wildman–Crippen MR) is 176 cm³/mol. The summed E-state index contributed by atoms with van der Waals surface area (Å²) in [6.45, 7) is 12.4. The van der Waals surface area contributed by atoms with E-state index in [1.165, 1.54) is 11.1 Å². The van der Waals surface area contributed by atoms with Crippen LogP contribution in [0.15, 0.2) is 89.7 Å². The molecule has 0 saturated carbocycles. The van der Waals surface area contributed by atoms with Gasteiger partial charge in [0.2, 0.25) is 0 Å². The minimum Gasteiger partial charge on any atom is -0.496 e. The number of aryl methyl sites for hydroxylation is 2. The van der Waals surface area contributed by atoms with Crippen LogP contribution < -0.4 is 14.9 Å². The maximum absolute atomic E-state index is 11.7. The summed E-state index contributed by atoms with van der Waals surface area (Å²) in [5.41, 5.74) is 8.71. The molecule has 1 unspecified atom stereocenters. The van der Waals surface area contributed by atoms with Gasteiger partial charge in [0.1, 0.15) is 17.3 Å². The molecule has 3 aromatic carbocycles. The highest BCUT2D eigenvalue weighted by atomic mass is 31.0. The van der Waals surface area contributed by atoms with Crippen molar-refractivity contribution >= 4 is 38.9 Å². The summed E-state index contributed by atoms with van der Waals surface area (Å²) in [4.78, 5) is 11.7. The van der Waals surface area contributed by atoms with Crippen LogP contribution in [-0.2, 0) is 0 Å². The first kappa shape index (κ1) is 31.7. The van der Waals surface area contributed by atoms with Crippen molar-refractivity contribution in [1.82, 2.24) is 0 Å². The largest absolute Gasteiger partial charge is 0.496 e. The van der Waals surface area contributed by atoms with Crippen LogP contribution in [0.5, 0.6) is 11.5 Å². The first-order chi connectivity index (χ1) is 19.7. The molecule has 0 fully saturated rings. The molecule has 1 radical (unpaired) electrons. The maximum Gasteiger partial charge on any atom is 0.335 e. The molecule has 0 aliphatic carbocycles. The number of carboxylic acid groups (broad SMARTS) is 1. The number of carbonyl (C=O) groups is 1. The van der Waals surface area contributed by atoms with Gasteiger partial charge in [-0.15, -0.1) is 8.86 Å². The molecule has 6 heteroatoms. The van der Waals surface area contributed by atoms with Gasteiger partial charge in [-0.05, 0) is 91.8 Å². The van der Waals surface area contributed by atoms with Crippen LogP contribution in [0, 0.1) is 13.8 Å². The van der Waals surface area contributed by atoms with E-state index in [1.54, 1.807) is 19.2 Å². The summed E-state index contributed by atoms with van der Waals surface area (Å²) in [6, 6.07) is 19.3. The quantitative estimate of drug-likeness (QED) is 0.221. The lowest BCUT2D eigenvalue weighted by Gasteiger charge is -2.29. The van der Waals surface area contributed by atoms with Crippen molar-refractivity contribution in [3.8, 4) is 11.5 Å². The molecule has 4 nitrogen and oxygen atoms in total. The Bertz CT molecular complexity index is 1520. The Labute approximate surface area is 247 Å². The number of benzene rings is 3. The zero-order valence-corrected chi connectivity index (χ0v) is 26.0. The van der Waals surface area contributed by atoms with Crippen molar-refractivity contribution < 1.29 is 19.4 Å². The molecule has 0 spiro atoms. The number of aromatic carboxylic acids is 1. The Hall–Kier alpha value is -3.82. The number of fused-ring (bicyclic) bond motifs is 1. The van der Waals surface area contributed by atoms with Gasteiger partial charge in [-0.3, -0.25) is 0 Å². The highest BCUT2D eigenvalue weighted by Crippen LogP contribution is 2.45. The van der Waals surface area contributed by atoms with Gasteiger partial charge in [-0.1, -0.05) is 73.9 Å². The van der Waals surface area contributed by atoms with E-state index < -0.39 is 5.97 Å². The van der Waals surface area contributed by atoms with E-state index >= 15 is 0 Å². The molecule has 1 aliphatic heterocycles. The number of ether oxygens (including phenoxy) is 2. The Morgan fingerprint density at radius 3 is 2.37 bits per heavy atom. The molecule has 1 heterocycles. The monoisotopic (exact) mass is 565 g/mol. The van der Waals surface area contributed by atoms with Crippen molar-refractivity contribution in [2.75, 3.05) is 7.11 Å². The average Bonchev–Trinajstić information content (AvgIpc) is 2.96. The summed E-state index contributed by atoms with van der Waals surface area (Å²) < 4.78 is 11.6. The van der Waals surface area contributed by atoms with E-state index in [2.05, 4.69) is 54.8 Å². The van der Waals surface area contributed by atoms with Crippen molar-refractivity contribution in [3.05, 3.63) is 118 Å². The molecule has 0 amide bonds. The summed E-state index contributed by atoms with van der Waals surface area (Å²) in [6.07, 6.45) is 5.18. The highest BCUT2D eigenvalue weighted by Gasteiger charge is 2.28. The van der Waals surface area contributed by atoms with E-state index in [0.29, 0.717) is 11.0 Å². The number of hydrogen-bond donors (Lipinski definition) is 1. The lowest BCUT2D eigenvalue weighted by molar-refractivity contribution is 0.0698. The topological polar surface area (TPSA) is 55.8 Å². The average molecular weight is 565 g/mol. The molecule has 1 atom stereocenters. The lowest BCUT2D eigenvalue weighted by Crippen LogP contribution is -2.27. The molecule has 0 saturated heterocycles. The minimum absolute atomic E-state index is 0.0479. The Kier molecular flexibility index (Phi) is 11.4. The van der Waals surface area contributed by atoms with Gasteiger partial charge in [0.05, 0.1) is 12.7 Å². The van der Waals surface area contributed by atoms with Crippen LogP contribution in [0.25, 0.3) is 5.57 Å². The van der Waals surface area contributed by atoms with Crippen molar-refractivity contribution in [3.63, 3.8) is 0 Å². The summed E-state index contributed by atoms with van der Waals surface area (Å²) >= 11 is 0. The molecular weight excluding hydrogens is 526 g/mol. The Morgan fingerprint density at radius 2 is 1.78 bits per heavy atom. The molecule has 0 aromatic heterocycles. The van der Waals surface area contributed by atoms with Gasteiger partial charge in [-0.25, -0.2) is 4.79 Å². The molecule has 0 bridgehead atoms. The van der Waals surface area contributed by atoms with Crippen LogP contribution in [0.1, 0.15) is 72.5 Å². The van der Waals surface area contributed by atoms with E-state index in [9.17, 15) is 9.90 Å². The number of hydrogen-bond acceptors (Lipinski definition) is 3. The maximum atomic E-state index is 11.7. The number of carboxylic acids is 1. The summed E-state index contributed by atoms with van der Waals surface area (Å²) in [7, 11) is 7.21. The third-order valence-corrected chi connectivity index (χ3v) is 7.37. The van der Waals surface area contributed by atoms with Crippen LogP contribution >= 0.6 is 8.86 Å². The lowest BCUT2D eigenvalue weighted by atomic mass is 9.56. The van der Waals surface area contributed by atoms with Crippen LogP contribution in [-0.4, -0.2) is 31.3 Å². The second kappa shape index (κ2) is 14.7. The fraction of sp³-hybridized carbons (Fsp3) is 0.257. The second-order valence-corrected chi connectivity index (χ2v) is 10.3. The van der Waals surface area contributed by atoms with Crippen molar-refractivity contribution in [1.29, 1.82) is 0 Å². The standard InChI is InChI=1S/C27H29BO3P.C8H10O/c1-6-10-20-17(4)25(19(7-2)15-32)31-26-22(13-16(3)14-23(20)26)18(5)28-24-12-9-8-11-21(24)27(29)30;1-7-5-3-4-6-8(7)9-2/h7-15,18,32H,6H2,1-5H3,(H,29,30);3-6H,1-2H3/b19-7+,20-10-;. The molecule has 3 aromatic rings. The van der Waals surface area contributed by atoms with Crippen molar-refractivity contribution in [2.24, 2.45) is 0 Å². The normalized spacial score (nSPS) is 14.3. The zero-order valence-electron chi connectivity index (χ0n) is 25.0. The van der Waals surface area contributed by atoms with Gasteiger partial charge in [0.25, 0.3) is 0 Å². The third-order valence-electron chi connectivity index (χ3n) is 7.06.